The Morgan fingerprint density at radius 2 is 0.207 bits per heavy atom. The van der Waals surface area contributed by atoms with E-state index in [0.29, 0.717) is 0 Å². The second kappa shape index (κ2) is 28.8. The molecule has 0 spiro atoms. The Bertz CT molecular complexity index is 1860. The van der Waals surface area contributed by atoms with Gasteiger partial charge in [0.2, 0.25) is 0 Å². The van der Waals surface area contributed by atoms with E-state index in [1.807, 2.05) is 0 Å². The smallest absolute Gasteiger partial charge is 0.411 e. The van der Waals surface area contributed by atoms with Gasteiger partial charge >= 0.3 is 141 Å². The highest BCUT2D eigenvalue weighted by Gasteiger charge is 2.94. The van der Waals surface area contributed by atoms with Crippen LogP contribution >= 0.6 is 0 Å². The van der Waals surface area contributed by atoms with Gasteiger partial charge in [0.1, 0.15) is 0 Å². The van der Waals surface area contributed by atoms with Crippen LogP contribution in [0.2, 0.25) is 88.7 Å². The second-order valence-electron chi connectivity index (χ2n) is 30.5. The molecule has 0 unspecified atom stereocenters. The molecule has 6 heterocycles. The molecule has 0 amide bonds. The van der Waals surface area contributed by atoms with Gasteiger partial charge in [0.25, 0.3) is 0 Å². The number of rotatable bonds is 32. The first-order valence-electron chi connectivity index (χ1n) is 33.0. The Morgan fingerprint density at radius 3 is 0.250 bits per heavy atom. The third-order valence-corrected chi connectivity index (χ3v) is 87.5. The molecule has 544 valence electrons. The van der Waals surface area contributed by atoms with Crippen molar-refractivity contribution in [2.75, 3.05) is 0 Å². The maximum absolute atomic E-state index is 13.7. The molecule has 0 saturated carbocycles. The lowest BCUT2D eigenvalue weighted by Gasteiger charge is -2.61. The Labute approximate surface area is 568 Å². The maximum atomic E-state index is 13.7. The van der Waals surface area contributed by atoms with Crippen LogP contribution in [0.25, 0.3) is 0 Å². The fourth-order valence-electron chi connectivity index (χ4n) is 11.7. The van der Waals surface area contributed by atoms with Crippen LogP contribution in [0.4, 0.5) is 0 Å². The van der Waals surface area contributed by atoms with Gasteiger partial charge in [-0.3, -0.25) is 0 Å². The van der Waals surface area contributed by atoms with Crippen LogP contribution in [-0.4, -0.2) is 179 Å². The topological polar surface area (TPSA) is 346 Å². The quantitative estimate of drug-likeness (QED) is 0.0290. The summed E-state index contributed by atoms with van der Waals surface area (Å²) in [5.41, 5.74) is -12.8. The monoisotopic (exact) mass is 1590 g/mol. The molecule has 44 heteroatoms. The van der Waals surface area contributed by atoms with E-state index >= 15 is 0 Å². The maximum Gasteiger partial charge on any atom is 0.653 e. The van der Waals surface area contributed by atoms with Crippen molar-refractivity contribution >= 4 is 141 Å². The molecule has 0 atom stereocenters. The molecule has 28 nitrogen and oxygen atoms in total. The lowest BCUT2D eigenvalue weighted by atomic mass is 10.5. The molecular formula is C48H120O28Si16. The SMILES string of the molecule is CC(C)[Si](O)(O[Si]12O[Si]3(O[Si](O)(C(C)C)C(C)C)O[Si]4(O[Si](O)(C(C)C)C(C)C)O[Si](O[Si](O)(C(C)C)C(C)C)(O1)O[Si]1(O[Si](O)(C(C)C)C(C)C)O[Si](O[Si](O)(C(C)C)C(C)C)(O2)O[Si](O[Si](O)(C(C)C)C(C)C)(O3)O[Si](O[Si](O)(C(C)C)C(C)C)(O4)O1)C(C)C. The van der Waals surface area contributed by atoms with E-state index in [0.717, 1.165) is 0 Å². The standard InChI is InChI=1S/C48H120O28Si16/c1-33(2)77(49,34(3)4)57-85-65-86(58-78(50,35(5)6)36(7)8)68-89(61-81(53,41(17)18)42(19)20)70-87(66-85,59-79(51,37(9)10)38(11)12)72-91(63-83(55,45(25)26)46(27)28)73-88(67-85,60-80(52,39(13)14)40(15)16)71-90(69-86,62-82(54,43(21)22)44(23)24)75-92(74-89,76-91)64-84(56,47(29)30)48(31)32/h33-56H,1-32H3. The van der Waals surface area contributed by atoms with Crippen LogP contribution in [0.5, 0.6) is 0 Å². The molecule has 6 aliphatic heterocycles. The summed E-state index contributed by atoms with van der Waals surface area (Å²) in [5.74, 6) is 0. The Balaban J connectivity index is 2.43. The van der Waals surface area contributed by atoms with Gasteiger partial charge in [0, 0.05) is 0 Å². The van der Waals surface area contributed by atoms with Crippen molar-refractivity contribution in [1.29, 1.82) is 0 Å². The highest BCUT2D eigenvalue weighted by molar-refractivity contribution is 7.04. The molecule has 92 heavy (non-hydrogen) atoms. The lowest BCUT2D eigenvalue weighted by molar-refractivity contribution is -0.137. The minimum absolute atomic E-state index is 0.801. The van der Waals surface area contributed by atoms with E-state index in [2.05, 4.69) is 0 Å². The fourth-order valence-corrected chi connectivity index (χ4v) is 90.9. The van der Waals surface area contributed by atoms with E-state index in [4.69, 9.17) is 82.3 Å². The molecule has 6 aliphatic rings. The first-order valence-corrected chi connectivity index (χ1v) is 62.2. The summed E-state index contributed by atoms with van der Waals surface area (Å²) >= 11 is 0. The Kier molecular flexibility index (Phi) is 26.6. The predicted octanol–water partition coefficient (Wildman–Crippen LogP) is 9.91. The summed E-state index contributed by atoms with van der Waals surface area (Å²) in [6.07, 6.45) is 0. The highest BCUT2D eigenvalue weighted by atomic mass is 28.7. The first kappa shape index (κ1) is 85.0. The van der Waals surface area contributed by atoms with E-state index in [1.165, 1.54) is 0 Å². The molecule has 0 aromatic heterocycles. The van der Waals surface area contributed by atoms with Crippen molar-refractivity contribution in [3.05, 3.63) is 0 Å². The summed E-state index contributed by atoms with van der Waals surface area (Å²) in [5, 5.41) is 0. The zero-order valence-corrected chi connectivity index (χ0v) is 77.0. The molecule has 8 N–H and O–H groups in total. The van der Waals surface area contributed by atoms with Crippen molar-refractivity contribution in [2.24, 2.45) is 0 Å². The molecule has 6 rings (SSSR count). The minimum Gasteiger partial charge on any atom is -0.411 e. The van der Waals surface area contributed by atoms with E-state index in [9.17, 15) is 38.4 Å². The number of hydrogen-bond acceptors (Lipinski definition) is 28. The second-order valence-corrected chi connectivity index (χ2v) is 85.4. The van der Waals surface area contributed by atoms with Crippen molar-refractivity contribution in [3.8, 4) is 0 Å². The molecular weight excluding hydrogens is 1470 g/mol. The number of hydrogen-bond donors (Lipinski definition) is 8. The largest absolute Gasteiger partial charge is 0.653 e. The molecule has 6 saturated heterocycles. The van der Waals surface area contributed by atoms with Gasteiger partial charge in [0.05, 0.1) is 0 Å². The van der Waals surface area contributed by atoms with Crippen LogP contribution in [0.1, 0.15) is 222 Å². The van der Waals surface area contributed by atoms with E-state index < -0.39 is 230 Å². The molecule has 0 aromatic carbocycles. The molecule has 0 radical (unpaired) electrons. The zero-order chi connectivity index (χ0) is 71.4. The molecule has 6 fully saturated rings. The van der Waals surface area contributed by atoms with Crippen LogP contribution in [0.15, 0.2) is 0 Å². The highest BCUT2D eigenvalue weighted by Crippen LogP contribution is 2.58. The van der Waals surface area contributed by atoms with Gasteiger partial charge in [0.15, 0.2) is 0 Å². The lowest BCUT2D eigenvalue weighted by Crippen LogP contribution is -2.94. The average molecular weight is 1590 g/mol. The third kappa shape index (κ3) is 16.2. The molecule has 8 bridgehead atoms. The summed E-state index contributed by atoms with van der Waals surface area (Å²) in [6, 6.07) is 0. The Hall–Kier alpha value is 2.35. The molecule has 0 aromatic rings. The normalized spacial score (nSPS) is 31.0. The summed E-state index contributed by atoms with van der Waals surface area (Å²) in [7, 11) is -87.7. The van der Waals surface area contributed by atoms with Crippen LogP contribution in [0.3, 0.4) is 0 Å². The van der Waals surface area contributed by atoms with Gasteiger partial charge in [-0.05, 0) is 88.7 Å². The average Bonchev–Trinajstić information content (AvgIpc) is 0.675. The van der Waals surface area contributed by atoms with E-state index in [-0.39, 0.29) is 0 Å². The van der Waals surface area contributed by atoms with Gasteiger partial charge in [-0.25, -0.2) is 0 Å². The summed E-state index contributed by atoms with van der Waals surface area (Å²) < 4.78 is 151. The molecule has 0 aliphatic carbocycles. The van der Waals surface area contributed by atoms with Crippen LogP contribution < -0.4 is 0 Å². The van der Waals surface area contributed by atoms with Crippen LogP contribution in [-0.2, 0) is 82.3 Å². The van der Waals surface area contributed by atoms with Crippen LogP contribution in [0, 0.1) is 0 Å². The van der Waals surface area contributed by atoms with Gasteiger partial charge < -0.3 is 121 Å². The summed E-state index contributed by atoms with van der Waals surface area (Å²) in [4.78, 5) is 109. The van der Waals surface area contributed by atoms with E-state index in [1.54, 1.807) is 222 Å². The van der Waals surface area contributed by atoms with Crippen molar-refractivity contribution in [2.45, 2.75) is 310 Å². The van der Waals surface area contributed by atoms with Crippen molar-refractivity contribution < 1.29 is 121 Å². The minimum atomic E-state index is -6.30. The first-order chi connectivity index (χ1) is 41.2. The van der Waals surface area contributed by atoms with Gasteiger partial charge in [-0.2, -0.15) is 0 Å². The van der Waals surface area contributed by atoms with Gasteiger partial charge in [-0.1, -0.05) is 222 Å². The predicted molar refractivity (Wildman–Crippen MR) is 373 cm³/mol. The fraction of sp³-hybridized carbons (Fsp3) is 1.00. The third-order valence-electron chi connectivity index (χ3n) is 18.5. The van der Waals surface area contributed by atoms with Crippen molar-refractivity contribution in [3.63, 3.8) is 0 Å². The summed E-state index contributed by atoms with van der Waals surface area (Å²) in [6.45, 7) is 54.5. The van der Waals surface area contributed by atoms with Gasteiger partial charge in [-0.15, -0.1) is 0 Å². The zero-order valence-electron chi connectivity index (χ0n) is 61.0. The Morgan fingerprint density at radius 1 is 0.152 bits per heavy atom. The van der Waals surface area contributed by atoms with Crippen molar-refractivity contribution in [1.82, 2.24) is 0 Å².